The molecule has 1 aliphatic heterocycles. The second-order valence-corrected chi connectivity index (χ2v) is 8.76. The molecular weight excluding hydrogens is 460 g/mol. The number of esters is 1. The second-order valence-electron chi connectivity index (χ2n) is 8.76. The summed E-state index contributed by atoms with van der Waals surface area (Å²) in [5.41, 5.74) is 3.59. The fourth-order valence-electron chi connectivity index (χ4n) is 4.43. The number of ether oxygens (including phenoxy) is 1. The zero-order valence-corrected chi connectivity index (χ0v) is 21.1. The van der Waals surface area contributed by atoms with Gasteiger partial charge in [0.1, 0.15) is 6.61 Å². The molecule has 2 atom stereocenters. The van der Waals surface area contributed by atoms with Crippen LogP contribution in [-0.2, 0) is 20.9 Å². The second kappa shape index (κ2) is 12.7. The zero-order valence-electron chi connectivity index (χ0n) is 21.1. The summed E-state index contributed by atoms with van der Waals surface area (Å²) in [5.74, 6) is -1.20. The Morgan fingerprint density at radius 2 is 1.94 bits per heavy atom. The van der Waals surface area contributed by atoms with Crippen LogP contribution in [0.1, 0.15) is 37.3 Å². The highest BCUT2D eigenvalue weighted by molar-refractivity contribution is 5.98. The van der Waals surface area contributed by atoms with Crippen molar-refractivity contribution in [3.05, 3.63) is 87.1 Å². The first-order valence-electron chi connectivity index (χ1n) is 11.8. The Morgan fingerprint density at radius 3 is 2.64 bits per heavy atom. The van der Waals surface area contributed by atoms with Gasteiger partial charge < -0.3 is 9.57 Å². The molecule has 1 aliphatic rings. The molecule has 9 heteroatoms. The minimum Gasteiger partial charge on any atom is -0.466 e. The molecule has 0 saturated heterocycles. The van der Waals surface area contributed by atoms with E-state index in [4.69, 9.17) is 9.57 Å². The maximum absolute atomic E-state index is 12.7. The number of carbonyl (C=O) groups is 1. The van der Waals surface area contributed by atoms with Gasteiger partial charge in [0.2, 0.25) is 0 Å². The van der Waals surface area contributed by atoms with E-state index in [1.165, 1.54) is 24.8 Å². The van der Waals surface area contributed by atoms with Gasteiger partial charge in [-0.1, -0.05) is 47.6 Å². The van der Waals surface area contributed by atoms with E-state index in [1.54, 1.807) is 25.3 Å². The van der Waals surface area contributed by atoms with Gasteiger partial charge in [-0.15, -0.1) is 0 Å². The van der Waals surface area contributed by atoms with E-state index in [2.05, 4.69) is 27.2 Å². The van der Waals surface area contributed by atoms with Crippen LogP contribution >= 0.6 is 0 Å². The number of oxime groups is 1. The van der Waals surface area contributed by atoms with Crippen molar-refractivity contribution in [2.24, 2.45) is 16.1 Å². The van der Waals surface area contributed by atoms with Crippen LogP contribution in [0.25, 0.3) is 0 Å². The highest BCUT2D eigenvalue weighted by Gasteiger charge is 2.37. The first-order valence-corrected chi connectivity index (χ1v) is 11.8. The van der Waals surface area contributed by atoms with Gasteiger partial charge in [-0.2, -0.15) is 0 Å². The van der Waals surface area contributed by atoms with Crippen LogP contribution in [0, 0.1) is 16.0 Å². The largest absolute Gasteiger partial charge is 0.466 e. The van der Waals surface area contributed by atoms with Crippen LogP contribution in [0.5, 0.6) is 0 Å². The molecule has 0 N–H and O–H groups in total. The minimum absolute atomic E-state index is 0.0371. The van der Waals surface area contributed by atoms with Crippen LogP contribution in [0.4, 0.5) is 5.69 Å². The summed E-state index contributed by atoms with van der Waals surface area (Å²) in [6.45, 7) is 5.59. The number of methoxy groups -OCH3 is 1. The predicted molar refractivity (Wildman–Crippen MR) is 139 cm³/mol. The lowest BCUT2D eigenvalue weighted by molar-refractivity contribution is -0.384. The van der Waals surface area contributed by atoms with Crippen molar-refractivity contribution < 1.29 is 19.3 Å². The average molecular weight is 493 g/mol. The molecule has 0 fully saturated rings. The molecule has 9 nitrogen and oxygen atoms in total. The summed E-state index contributed by atoms with van der Waals surface area (Å²) in [6.07, 6.45) is 2.11. The summed E-state index contributed by atoms with van der Waals surface area (Å²) in [7, 11) is 3.34. The van der Waals surface area contributed by atoms with Gasteiger partial charge in [-0.25, -0.2) is 4.79 Å². The van der Waals surface area contributed by atoms with E-state index in [0.29, 0.717) is 36.4 Å². The number of nitro benzene ring substituents is 1. The highest BCUT2D eigenvalue weighted by Crippen LogP contribution is 2.41. The number of hydrogen-bond donors (Lipinski definition) is 0. The van der Waals surface area contributed by atoms with E-state index in [-0.39, 0.29) is 11.6 Å². The lowest BCUT2D eigenvalue weighted by Crippen LogP contribution is -2.30. The molecule has 36 heavy (non-hydrogen) atoms. The quantitative estimate of drug-likeness (QED) is 0.147. The number of likely N-dealkylation sites (N-methyl/N-ethyl adjacent to an activating group) is 1. The Labute approximate surface area is 211 Å². The van der Waals surface area contributed by atoms with Crippen molar-refractivity contribution in [3.8, 4) is 0 Å². The summed E-state index contributed by atoms with van der Waals surface area (Å²) in [6, 6.07) is 16.5. The number of aliphatic imine (C=N–C) groups is 1. The van der Waals surface area contributed by atoms with Crippen LogP contribution < -0.4 is 0 Å². The Bertz CT molecular complexity index is 1160. The molecule has 1 heterocycles. The Kier molecular flexibility index (Phi) is 9.46. The van der Waals surface area contributed by atoms with Crippen molar-refractivity contribution >= 4 is 23.6 Å². The van der Waals surface area contributed by atoms with E-state index in [0.717, 1.165) is 12.3 Å². The van der Waals surface area contributed by atoms with Crippen molar-refractivity contribution in [2.75, 3.05) is 27.3 Å². The minimum atomic E-state index is -0.500. The van der Waals surface area contributed by atoms with Crippen molar-refractivity contribution in [3.63, 3.8) is 0 Å². The highest BCUT2D eigenvalue weighted by atomic mass is 16.6. The third-order valence-corrected chi connectivity index (χ3v) is 6.20. The van der Waals surface area contributed by atoms with E-state index in [9.17, 15) is 14.9 Å². The van der Waals surface area contributed by atoms with Crippen LogP contribution in [0.3, 0.4) is 0 Å². The van der Waals surface area contributed by atoms with Crippen LogP contribution in [0.15, 0.2) is 76.0 Å². The van der Waals surface area contributed by atoms with E-state index >= 15 is 0 Å². The molecule has 0 radical (unpaired) electrons. The van der Waals surface area contributed by atoms with Gasteiger partial charge in [0, 0.05) is 54.7 Å². The molecule has 3 rings (SSSR count). The standard InChI is InChI=1S/C27H32N4O5/c1-19-24(13-14-28-36-16-15-30(3)18-21-9-6-5-7-10-21)26(25(20(2)29-19)27(32)35-4)22-11-8-12-23(17-22)31(33)34/h5-12,14,17,24,26H,13,15-16,18H2,1-4H3/b28-14+. The summed E-state index contributed by atoms with van der Waals surface area (Å²) in [5, 5.41) is 15.5. The number of hydrogen-bond acceptors (Lipinski definition) is 8. The Morgan fingerprint density at radius 1 is 1.19 bits per heavy atom. The molecular formula is C27H32N4O5. The molecule has 0 bridgehead atoms. The molecule has 0 spiro atoms. The fourth-order valence-corrected chi connectivity index (χ4v) is 4.43. The zero-order chi connectivity index (χ0) is 26.1. The van der Waals surface area contributed by atoms with Gasteiger partial charge in [0.25, 0.3) is 5.69 Å². The SMILES string of the molecule is COC(=O)C1=C(C)N=C(C)C(C/C=N/OCCN(C)Cc2ccccc2)C1c1cccc([N+](=O)[O-])c1. The van der Waals surface area contributed by atoms with Gasteiger partial charge in [-0.3, -0.25) is 20.0 Å². The lowest BCUT2D eigenvalue weighted by atomic mass is 9.74. The fraction of sp³-hybridized carbons (Fsp3) is 0.370. The number of rotatable bonds is 11. The molecule has 0 saturated carbocycles. The van der Waals surface area contributed by atoms with Gasteiger partial charge in [0.05, 0.1) is 17.6 Å². The number of allylic oxidation sites excluding steroid dienone is 1. The molecule has 2 aromatic rings. The molecule has 0 aliphatic carbocycles. The van der Waals surface area contributed by atoms with Gasteiger partial charge in [0.15, 0.2) is 0 Å². The van der Waals surface area contributed by atoms with Crippen molar-refractivity contribution in [1.29, 1.82) is 0 Å². The van der Waals surface area contributed by atoms with Crippen molar-refractivity contribution in [2.45, 2.75) is 32.7 Å². The topological polar surface area (TPSA) is 107 Å². The lowest BCUT2D eigenvalue weighted by Gasteiger charge is -2.32. The van der Waals surface area contributed by atoms with Crippen LogP contribution in [0.2, 0.25) is 0 Å². The summed E-state index contributed by atoms with van der Waals surface area (Å²) in [4.78, 5) is 35.8. The molecule has 2 aromatic carbocycles. The number of nitrogens with zero attached hydrogens (tertiary/aromatic N) is 4. The number of nitro groups is 1. The third kappa shape index (κ3) is 6.85. The van der Waals surface area contributed by atoms with Crippen molar-refractivity contribution in [1.82, 2.24) is 4.90 Å². The Hall–Kier alpha value is -3.85. The first-order chi connectivity index (χ1) is 17.3. The first kappa shape index (κ1) is 26.7. The van der Waals surface area contributed by atoms with E-state index < -0.39 is 16.8 Å². The Balaban J connectivity index is 1.69. The summed E-state index contributed by atoms with van der Waals surface area (Å²) < 4.78 is 5.03. The third-order valence-electron chi connectivity index (χ3n) is 6.20. The van der Waals surface area contributed by atoms with Gasteiger partial charge in [-0.05, 0) is 38.4 Å². The van der Waals surface area contributed by atoms with E-state index in [1.807, 2.05) is 32.2 Å². The number of non-ortho nitro benzene ring substituents is 1. The maximum Gasteiger partial charge on any atom is 0.336 e. The number of benzene rings is 2. The normalized spacial score (nSPS) is 17.9. The average Bonchev–Trinajstić information content (AvgIpc) is 2.87. The van der Waals surface area contributed by atoms with Crippen LogP contribution in [-0.4, -0.2) is 55.0 Å². The molecule has 0 aromatic heterocycles. The van der Waals surface area contributed by atoms with Gasteiger partial charge >= 0.3 is 5.97 Å². The molecule has 190 valence electrons. The molecule has 0 amide bonds. The monoisotopic (exact) mass is 492 g/mol. The predicted octanol–water partition coefficient (Wildman–Crippen LogP) is 4.74. The smallest absolute Gasteiger partial charge is 0.336 e. The molecule has 2 unspecified atom stereocenters. The maximum atomic E-state index is 12.7. The summed E-state index contributed by atoms with van der Waals surface area (Å²) >= 11 is 0. The number of carbonyl (C=O) groups excluding carboxylic acids is 1.